The summed E-state index contributed by atoms with van der Waals surface area (Å²) in [5.41, 5.74) is -0.215. The first-order chi connectivity index (χ1) is 9.13. The van der Waals surface area contributed by atoms with Gasteiger partial charge in [-0.3, -0.25) is 4.79 Å². The van der Waals surface area contributed by atoms with Crippen molar-refractivity contribution in [2.45, 2.75) is 12.8 Å². The number of rotatable bonds is 3. The summed E-state index contributed by atoms with van der Waals surface area (Å²) in [4.78, 5) is 13.9. The number of nitrogens with one attached hydrogen (secondary N) is 1. The fourth-order valence-corrected chi connectivity index (χ4v) is 2.59. The Balaban J connectivity index is 2.15. The minimum Gasteiger partial charge on any atom is -0.507 e. The van der Waals surface area contributed by atoms with Crippen molar-refractivity contribution >= 4 is 5.91 Å². The Morgan fingerprint density at radius 1 is 1.58 bits per heavy atom. The third kappa shape index (κ3) is 3.04. The summed E-state index contributed by atoms with van der Waals surface area (Å²) < 4.78 is 13.7. The molecular weight excluding hydrogens is 247 g/mol. The van der Waals surface area contributed by atoms with Gasteiger partial charge in [0.15, 0.2) is 0 Å². The summed E-state index contributed by atoms with van der Waals surface area (Å²) in [7, 11) is 1.88. The number of carbonyl (C=O) groups is 1. The summed E-state index contributed by atoms with van der Waals surface area (Å²) in [5, 5.41) is 12.8. The van der Waals surface area contributed by atoms with E-state index in [4.69, 9.17) is 0 Å². The molecule has 2 N–H and O–H groups in total. The maximum absolute atomic E-state index is 13.7. The van der Waals surface area contributed by atoms with Gasteiger partial charge in [-0.2, -0.15) is 0 Å². The van der Waals surface area contributed by atoms with E-state index in [0.29, 0.717) is 19.0 Å². The van der Waals surface area contributed by atoms with Gasteiger partial charge >= 0.3 is 0 Å². The van der Waals surface area contributed by atoms with Crippen LogP contribution in [0.15, 0.2) is 18.2 Å². The molecule has 1 aliphatic heterocycles. The Hall–Kier alpha value is -1.62. The lowest BCUT2D eigenvalue weighted by Gasteiger charge is -2.33. The summed E-state index contributed by atoms with van der Waals surface area (Å²) in [5.74, 6) is -0.991. The highest BCUT2D eigenvalue weighted by Crippen LogP contribution is 2.24. The van der Waals surface area contributed by atoms with Crippen LogP contribution in [0.2, 0.25) is 0 Å². The maximum atomic E-state index is 13.7. The number of nitrogens with zero attached hydrogens (tertiary/aromatic N) is 1. The number of amides is 1. The van der Waals surface area contributed by atoms with Crippen LogP contribution in [-0.4, -0.2) is 42.6 Å². The van der Waals surface area contributed by atoms with E-state index in [9.17, 15) is 14.3 Å². The van der Waals surface area contributed by atoms with Crippen molar-refractivity contribution in [1.82, 2.24) is 10.2 Å². The van der Waals surface area contributed by atoms with Crippen LogP contribution in [-0.2, 0) is 0 Å². The van der Waals surface area contributed by atoms with Gasteiger partial charge < -0.3 is 15.3 Å². The third-order valence-electron chi connectivity index (χ3n) is 3.50. The first kappa shape index (κ1) is 13.8. The Morgan fingerprint density at radius 2 is 2.37 bits per heavy atom. The fraction of sp³-hybridized carbons (Fsp3) is 0.500. The number of likely N-dealkylation sites (tertiary alicyclic amines) is 1. The monoisotopic (exact) mass is 266 g/mol. The van der Waals surface area contributed by atoms with Crippen LogP contribution in [0.4, 0.5) is 4.39 Å². The minimum atomic E-state index is -0.666. The summed E-state index contributed by atoms with van der Waals surface area (Å²) in [6, 6.07) is 3.93. The molecule has 5 heteroatoms. The number of phenols is 1. The molecule has 1 amide bonds. The zero-order valence-electron chi connectivity index (χ0n) is 11.0. The maximum Gasteiger partial charge on any atom is 0.260 e. The number of hydrogen-bond acceptors (Lipinski definition) is 3. The molecule has 1 heterocycles. The van der Waals surface area contributed by atoms with Crippen molar-refractivity contribution in [3.8, 4) is 5.75 Å². The molecule has 0 aliphatic carbocycles. The number of halogens is 1. The van der Waals surface area contributed by atoms with Crippen LogP contribution in [0.5, 0.6) is 5.75 Å². The van der Waals surface area contributed by atoms with Gasteiger partial charge in [0.05, 0.1) is 0 Å². The molecule has 0 aromatic heterocycles. The quantitative estimate of drug-likeness (QED) is 0.874. The molecule has 1 atom stereocenters. The largest absolute Gasteiger partial charge is 0.507 e. The molecule has 4 nitrogen and oxygen atoms in total. The molecule has 19 heavy (non-hydrogen) atoms. The first-order valence-corrected chi connectivity index (χ1v) is 6.55. The van der Waals surface area contributed by atoms with Crippen LogP contribution in [0.25, 0.3) is 0 Å². The van der Waals surface area contributed by atoms with Gasteiger partial charge in [-0.1, -0.05) is 6.07 Å². The lowest BCUT2D eigenvalue weighted by molar-refractivity contribution is 0.0666. The van der Waals surface area contributed by atoms with Gasteiger partial charge in [-0.15, -0.1) is 0 Å². The van der Waals surface area contributed by atoms with E-state index >= 15 is 0 Å². The Kier molecular flexibility index (Phi) is 4.37. The Labute approximate surface area is 112 Å². The molecule has 0 saturated carbocycles. The normalized spacial score (nSPS) is 19.5. The van der Waals surface area contributed by atoms with Crippen LogP contribution in [0.3, 0.4) is 0 Å². The Morgan fingerprint density at radius 3 is 3.05 bits per heavy atom. The number of piperidine rings is 1. The number of aromatic hydroxyl groups is 1. The molecule has 1 saturated heterocycles. The molecule has 0 spiro atoms. The molecule has 1 fully saturated rings. The second kappa shape index (κ2) is 6.02. The van der Waals surface area contributed by atoms with E-state index < -0.39 is 11.7 Å². The van der Waals surface area contributed by atoms with E-state index in [-0.39, 0.29) is 11.3 Å². The predicted octanol–water partition coefficient (Wildman–Crippen LogP) is 1.60. The Bertz CT molecular complexity index is 443. The molecule has 1 aromatic rings. The summed E-state index contributed by atoms with van der Waals surface area (Å²) in [6.45, 7) is 2.06. The first-order valence-electron chi connectivity index (χ1n) is 6.55. The third-order valence-corrected chi connectivity index (χ3v) is 3.50. The molecule has 104 valence electrons. The van der Waals surface area contributed by atoms with Crippen LogP contribution >= 0.6 is 0 Å². The smallest absolute Gasteiger partial charge is 0.260 e. The van der Waals surface area contributed by atoms with Crippen molar-refractivity contribution < 1.29 is 14.3 Å². The fourth-order valence-electron chi connectivity index (χ4n) is 2.59. The minimum absolute atomic E-state index is 0.215. The molecule has 2 rings (SSSR count). The van der Waals surface area contributed by atoms with Crippen LogP contribution in [0, 0.1) is 11.7 Å². The van der Waals surface area contributed by atoms with Gasteiger partial charge in [0.25, 0.3) is 5.91 Å². The van der Waals surface area contributed by atoms with Gasteiger partial charge in [-0.05, 0) is 44.5 Å². The van der Waals surface area contributed by atoms with E-state index in [2.05, 4.69) is 5.32 Å². The van der Waals surface area contributed by atoms with E-state index in [1.54, 1.807) is 4.90 Å². The van der Waals surface area contributed by atoms with Crippen LogP contribution in [0.1, 0.15) is 23.2 Å². The lowest BCUT2D eigenvalue weighted by atomic mass is 9.97. The van der Waals surface area contributed by atoms with Crippen molar-refractivity contribution in [3.63, 3.8) is 0 Å². The van der Waals surface area contributed by atoms with Crippen molar-refractivity contribution in [1.29, 1.82) is 0 Å². The zero-order chi connectivity index (χ0) is 13.8. The van der Waals surface area contributed by atoms with E-state index in [1.807, 2.05) is 7.05 Å². The van der Waals surface area contributed by atoms with Gasteiger partial charge in [0.1, 0.15) is 17.1 Å². The lowest BCUT2D eigenvalue weighted by Crippen LogP contribution is -2.42. The SMILES string of the molecule is CNCC1CCCN(C(=O)c2c(O)cccc2F)C1. The topological polar surface area (TPSA) is 52.6 Å². The molecule has 0 radical (unpaired) electrons. The summed E-state index contributed by atoms with van der Waals surface area (Å²) in [6.07, 6.45) is 1.97. The molecule has 1 aromatic carbocycles. The molecule has 0 bridgehead atoms. The van der Waals surface area contributed by atoms with E-state index in [0.717, 1.165) is 19.4 Å². The molecular formula is C14H19FN2O2. The predicted molar refractivity (Wildman–Crippen MR) is 70.6 cm³/mol. The number of benzene rings is 1. The van der Waals surface area contributed by atoms with Crippen molar-refractivity contribution in [2.75, 3.05) is 26.7 Å². The van der Waals surface area contributed by atoms with E-state index in [1.165, 1.54) is 18.2 Å². The molecule has 1 aliphatic rings. The zero-order valence-corrected chi connectivity index (χ0v) is 11.0. The average Bonchev–Trinajstić information content (AvgIpc) is 2.39. The standard InChI is InChI=1S/C14H19FN2O2/c1-16-8-10-4-3-7-17(9-10)14(19)13-11(15)5-2-6-12(13)18/h2,5-6,10,16,18H,3-4,7-9H2,1H3. The second-order valence-corrected chi connectivity index (χ2v) is 4.95. The van der Waals surface area contributed by atoms with Gasteiger partial charge in [0, 0.05) is 13.1 Å². The molecule has 1 unspecified atom stereocenters. The number of carbonyl (C=O) groups excluding carboxylic acids is 1. The van der Waals surface area contributed by atoms with Crippen LogP contribution < -0.4 is 5.32 Å². The highest BCUT2D eigenvalue weighted by molar-refractivity contribution is 5.97. The van der Waals surface area contributed by atoms with Gasteiger partial charge in [-0.25, -0.2) is 4.39 Å². The number of phenolic OH excluding ortho intramolecular Hbond substituents is 1. The number of hydrogen-bond donors (Lipinski definition) is 2. The van der Waals surface area contributed by atoms with Gasteiger partial charge in [0.2, 0.25) is 0 Å². The highest BCUT2D eigenvalue weighted by atomic mass is 19.1. The highest BCUT2D eigenvalue weighted by Gasteiger charge is 2.27. The van der Waals surface area contributed by atoms with Crippen molar-refractivity contribution in [3.05, 3.63) is 29.6 Å². The summed E-state index contributed by atoms with van der Waals surface area (Å²) >= 11 is 0. The average molecular weight is 266 g/mol. The van der Waals surface area contributed by atoms with Crippen molar-refractivity contribution in [2.24, 2.45) is 5.92 Å². The second-order valence-electron chi connectivity index (χ2n) is 4.95.